The fraction of sp³-hybridized carbons (Fsp3) is 0.0333. The summed E-state index contributed by atoms with van der Waals surface area (Å²) in [5.74, 6) is 0.277. The molecule has 1 aromatic heterocycles. The van der Waals surface area contributed by atoms with Gasteiger partial charge in [0.2, 0.25) is 0 Å². The fourth-order valence-corrected chi connectivity index (χ4v) is 5.07. The van der Waals surface area contributed by atoms with Gasteiger partial charge in [-0.25, -0.2) is 8.42 Å². The first-order valence-electron chi connectivity index (χ1n) is 11.8. The summed E-state index contributed by atoms with van der Waals surface area (Å²) in [5, 5.41) is 22.1. The average molecular weight is 518 g/mol. The van der Waals surface area contributed by atoms with Gasteiger partial charge in [0.05, 0.1) is 4.90 Å². The maximum absolute atomic E-state index is 12.8. The highest BCUT2D eigenvalue weighted by atomic mass is 32.2. The van der Waals surface area contributed by atoms with Crippen molar-refractivity contribution in [1.82, 2.24) is 10.2 Å². The smallest absolute Gasteiger partial charge is 0.261 e. The predicted octanol–water partition coefficient (Wildman–Crippen LogP) is 6.54. The molecule has 0 spiro atoms. The number of nitriles is 1. The van der Waals surface area contributed by atoms with Gasteiger partial charge in [-0.05, 0) is 48.9 Å². The third-order valence-corrected chi connectivity index (χ3v) is 7.32. The minimum Gasteiger partial charge on any atom is -0.338 e. The van der Waals surface area contributed by atoms with Gasteiger partial charge in [0, 0.05) is 22.5 Å². The normalized spacial score (nSPS) is 10.9. The van der Waals surface area contributed by atoms with Crippen molar-refractivity contribution < 1.29 is 8.42 Å². The zero-order valence-corrected chi connectivity index (χ0v) is 21.3. The summed E-state index contributed by atoms with van der Waals surface area (Å²) in [5.41, 5.74) is 5.37. The second-order valence-corrected chi connectivity index (χ2v) is 10.3. The van der Waals surface area contributed by atoms with Gasteiger partial charge < -0.3 is 5.32 Å². The number of sulfonamides is 1. The van der Waals surface area contributed by atoms with E-state index in [1.165, 1.54) is 12.1 Å². The molecule has 0 amide bonds. The van der Waals surface area contributed by atoms with E-state index in [0.29, 0.717) is 28.2 Å². The summed E-state index contributed by atoms with van der Waals surface area (Å²) < 4.78 is 28.2. The van der Waals surface area contributed by atoms with E-state index in [2.05, 4.69) is 26.3 Å². The summed E-state index contributed by atoms with van der Waals surface area (Å²) in [7, 11) is -3.77. The van der Waals surface area contributed by atoms with E-state index in [1.807, 2.05) is 79.7 Å². The van der Waals surface area contributed by atoms with E-state index in [0.717, 1.165) is 16.7 Å². The first kappa shape index (κ1) is 24.7. The third-order valence-electron chi connectivity index (χ3n) is 5.93. The number of nitrogens with zero attached hydrogens (tertiary/aromatic N) is 3. The van der Waals surface area contributed by atoms with Crippen LogP contribution in [-0.2, 0) is 10.0 Å². The summed E-state index contributed by atoms with van der Waals surface area (Å²) in [6, 6.07) is 34.8. The molecule has 0 aliphatic heterocycles. The van der Waals surface area contributed by atoms with Crippen LogP contribution in [0.5, 0.6) is 0 Å². The highest BCUT2D eigenvalue weighted by molar-refractivity contribution is 7.92. The Morgan fingerprint density at radius 1 is 0.711 bits per heavy atom. The second kappa shape index (κ2) is 10.5. The SMILES string of the molecule is Cc1ccc(NS(=O)(=O)c2ccc(Nc3nnc(-c4ccccc4)c(-c4ccccc4)c3C#N)cc2)cc1. The van der Waals surface area contributed by atoms with Crippen molar-refractivity contribution in [3.63, 3.8) is 0 Å². The minimum atomic E-state index is -3.77. The monoisotopic (exact) mass is 517 g/mol. The number of aromatic nitrogens is 2. The Balaban J connectivity index is 1.48. The topological polar surface area (TPSA) is 108 Å². The zero-order chi connectivity index (χ0) is 26.5. The Morgan fingerprint density at radius 2 is 1.29 bits per heavy atom. The van der Waals surface area contributed by atoms with Crippen LogP contribution in [0.3, 0.4) is 0 Å². The van der Waals surface area contributed by atoms with E-state index >= 15 is 0 Å². The van der Waals surface area contributed by atoms with Gasteiger partial charge in [-0.3, -0.25) is 4.72 Å². The molecule has 7 nitrogen and oxygen atoms in total. The molecule has 0 aliphatic rings. The van der Waals surface area contributed by atoms with Gasteiger partial charge in [-0.15, -0.1) is 10.2 Å². The first-order chi connectivity index (χ1) is 18.4. The molecule has 2 N–H and O–H groups in total. The van der Waals surface area contributed by atoms with Crippen LogP contribution < -0.4 is 10.0 Å². The largest absolute Gasteiger partial charge is 0.338 e. The molecular formula is C30H23N5O2S. The number of anilines is 3. The quantitative estimate of drug-likeness (QED) is 0.254. The van der Waals surface area contributed by atoms with Crippen molar-refractivity contribution in [2.75, 3.05) is 10.0 Å². The Kier molecular flexibility index (Phi) is 6.85. The van der Waals surface area contributed by atoms with Crippen LogP contribution in [0.4, 0.5) is 17.2 Å². The number of nitrogens with one attached hydrogen (secondary N) is 2. The fourth-order valence-electron chi connectivity index (χ4n) is 4.01. The molecule has 0 atom stereocenters. The van der Waals surface area contributed by atoms with Crippen LogP contribution in [0.15, 0.2) is 114 Å². The molecular weight excluding hydrogens is 494 g/mol. The Morgan fingerprint density at radius 3 is 1.89 bits per heavy atom. The lowest BCUT2D eigenvalue weighted by atomic mass is 9.95. The van der Waals surface area contributed by atoms with E-state index in [9.17, 15) is 13.7 Å². The Hall–Kier alpha value is -5.00. The molecule has 0 saturated heterocycles. The van der Waals surface area contributed by atoms with Crippen molar-refractivity contribution in [2.24, 2.45) is 0 Å². The molecule has 0 unspecified atom stereocenters. The second-order valence-electron chi connectivity index (χ2n) is 8.61. The summed E-state index contributed by atoms with van der Waals surface area (Å²) in [6.45, 7) is 1.93. The number of hydrogen-bond donors (Lipinski definition) is 2. The van der Waals surface area contributed by atoms with Crippen LogP contribution >= 0.6 is 0 Å². The number of aryl methyl sites for hydroxylation is 1. The molecule has 5 aromatic rings. The minimum absolute atomic E-state index is 0.111. The maximum atomic E-state index is 12.8. The van der Waals surface area contributed by atoms with Crippen molar-refractivity contribution >= 4 is 27.2 Å². The lowest BCUT2D eigenvalue weighted by molar-refractivity contribution is 0.601. The lowest BCUT2D eigenvalue weighted by Gasteiger charge is -2.15. The highest BCUT2D eigenvalue weighted by Crippen LogP contribution is 2.36. The van der Waals surface area contributed by atoms with Crippen LogP contribution in [0.25, 0.3) is 22.4 Å². The molecule has 0 aliphatic carbocycles. The molecule has 5 rings (SSSR count). The molecule has 0 radical (unpaired) electrons. The van der Waals surface area contributed by atoms with E-state index in [4.69, 9.17) is 0 Å². The summed E-state index contributed by atoms with van der Waals surface area (Å²) in [6.07, 6.45) is 0. The number of rotatable bonds is 7. The Labute approximate surface area is 221 Å². The van der Waals surface area contributed by atoms with E-state index in [-0.39, 0.29) is 10.7 Å². The number of hydrogen-bond acceptors (Lipinski definition) is 6. The van der Waals surface area contributed by atoms with Crippen LogP contribution in [0.1, 0.15) is 11.1 Å². The van der Waals surface area contributed by atoms with Crippen molar-refractivity contribution in [1.29, 1.82) is 5.26 Å². The van der Waals surface area contributed by atoms with Gasteiger partial charge in [-0.1, -0.05) is 78.4 Å². The van der Waals surface area contributed by atoms with Crippen molar-refractivity contribution in [2.45, 2.75) is 11.8 Å². The lowest BCUT2D eigenvalue weighted by Crippen LogP contribution is -2.13. The molecule has 186 valence electrons. The van der Waals surface area contributed by atoms with Crippen molar-refractivity contribution in [3.05, 3.63) is 120 Å². The van der Waals surface area contributed by atoms with E-state index in [1.54, 1.807) is 24.3 Å². The molecule has 0 saturated carbocycles. The predicted molar refractivity (Wildman–Crippen MR) is 149 cm³/mol. The third kappa shape index (κ3) is 5.24. The van der Waals surface area contributed by atoms with Crippen LogP contribution in [0.2, 0.25) is 0 Å². The summed E-state index contributed by atoms with van der Waals surface area (Å²) >= 11 is 0. The van der Waals surface area contributed by atoms with Gasteiger partial charge in [0.1, 0.15) is 17.3 Å². The highest BCUT2D eigenvalue weighted by Gasteiger charge is 2.20. The molecule has 0 fully saturated rings. The summed E-state index contributed by atoms with van der Waals surface area (Å²) in [4.78, 5) is 0.111. The van der Waals surface area contributed by atoms with E-state index < -0.39 is 10.0 Å². The molecule has 8 heteroatoms. The van der Waals surface area contributed by atoms with Crippen molar-refractivity contribution in [3.8, 4) is 28.5 Å². The van der Waals surface area contributed by atoms with Crippen LogP contribution in [-0.4, -0.2) is 18.6 Å². The Bertz CT molecular complexity index is 1710. The number of benzene rings is 4. The zero-order valence-electron chi connectivity index (χ0n) is 20.5. The molecule has 0 bridgehead atoms. The first-order valence-corrected chi connectivity index (χ1v) is 13.3. The molecule has 1 heterocycles. The van der Waals surface area contributed by atoms with Gasteiger partial charge in [0.15, 0.2) is 5.82 Å². The van der Waals surface area contributed by atoms with Gasteiger partial charge in [0.25, 0.3) is 10.0 Å². The molecule has 38 heavy (non-hydrogen) atoms. The average Bonchev–Trinajstić information content (AvgIpc) is 2.95. The standard InChI is InChI=1S/C30H23N5O2S/c1-21-12-14-25(15-13-21)35-38(36,37)26-18-16-24(17-19-26)32-30-27(20-31)28(22-8-4-2-5-9-22)29(33-34-30)23-10-6-3-7-11-23/h2-19,35H,1H3,(H,32,34). The van der Waals surface area contributed by atoms with Crippen LogP contribution in [0, 0.1) is 18.3 Å². The van der Waals surface area contributed by atoms with Gasteiger partial charge >= 0.3 is 0 Å². The molecule has 4 aromatic carbocycles. The maximum Gasteiger partial charge on any atom is 0.261 e. The van der Waals surface area contributed by atoms with Gasteiger partial charge in [-0.2, -0.15) is 5.26 Å².